The minimum atomic E-state index is -0.0634. The summed E-state index contributed by atoms with van der Waals surface area (Å²) >= 11 is 4.89. The predicted molar refractivity (Wildman–Crippen MR) is 87.2 cm³/mol. The Bertz CT molecular complexity index is 627. The van der Waals surface area contributed by atoms with E-state index in [9.17, 15) is 4.79 Å². The first-order valence-electron chi connectivity index (χ1n) is 6.46. The van der Waals surface area contributed by atoms with Gasteiger partial charge in [-0.1, -0.05) is 22.0 Å². The van der Waals surface area contributed by atoms with Crippen LogP contribution in [0, 0.1) is 0 Å². The highest BCUT2D eigenvalue weighted by atomic mass is 79.9. The van der Waals surface area contributed by atoms with E-state index in [0.717, 1.165) is 14.6 Å². The molecule has 3 N–H and O–H groups in total. The van der Waals surface area contributed by atoms with Crippen molar-refractivity contribution in [3.05, 3.63) is 27.5 Å². The van der Waals surface area contributed by atoms with E-state index in [-0.39, 0.29) is 12.5 Å². The molecule has 1 amide bonds. The molecule has 0 fully saturated rings. The van der Waals surface area contributed by atoms with E-state index in [0.29, 0.717) is 30.1 Å². The first-order chi connectivity index (χ1) is 9.60. The fraction of sp³-hybridized carbons (Fsp3) is 0.357. The second kappa shape index (κ2) is 6.56. The number of aliphatic hydroxyl groups is 1. The summed E-state index contributed by atoms with van der Waals surface area (Å²) in [5, 5.41) is 9.80. The average molecular weight is 357 g/mol. The molecule has 0 aliphatic heterocycles. The standard InChI is InChI=1S/C14H17BrN2O2S/c1-2-17(7-4-8-18)14(19)13-12(16)11-9(15)5-3-6-10(11)20-13/h3,5-6,18H,2,4,7-8,16H2,1H3. The summed E-state index contributed by atoms with van der Waals surface area (Å²) in [7, 11) is 0. The second-order valence-corrected chi connectivity index (χ2v) is 6.33. The van der Waals surface area contributed by atoms with Gasteiger partial charge in [0, 0.05) is 34.3 Å². The third kappa shape index (κ3) is 2.82. The van der Waals surface area contributed by atoms with Crippen molar-refractivity contribution < 1.29 is 9.90 Å². The zero-order valence-corrected chi connectivity index (χ0v) is 13.6. The van der Waals surface area contributed by atoms with Gasteiger partial charge in [-0.2, -0.15) is 0 Å². The number of carbonyl (C=O) groups excluding carboxylic acids is 1. The highest BCUT2D eigenvalue weighted by Crippen LogP contribution is 2.38. The number of benzene rings is 1. The Labute approximate surface area is 130 Å². The normalized spacial score (nSPS) is 10.9. The maximum atomic E-state index is 12.5. The van der Waals surface area contributed by atoms with Gasteiger partial charge in [0.2, 0.25) is 0 Å². The number of rotatable bonds is 5. The number of nitrogen functional groups attached to an aromatic ring is 1. The lowest BCUT2D eigenvalue weighted by Gasteiger charge is -2.19. The molecule has 0 aliphatic rings. The molecule has 0 radical (unpaired) electrons. The van der Waals surface area contributed by atoms with Crippen LogP contribution in [0.3, 0.4) is 0 Å². The van der Waals surface area contributed by atoms with Crippen LogP contribution in [0.2, 0.25) is 0 Å². The number of amides is 1. The van der Waals surface area contributed by atoms with Gasteiger partial charge in [-0.3, -0.25) is 4.79 Å². The van der Waals surface area contributed by atoms with Gasteiger partial charge in [-0.25, -0.2) is 0 Å². The van der Waals surface area contributed by atoms with Crippen LogP contribution in [0.1, 0.15) is 23.0 Å². The number of anilines is 1. The van der Waals surface area contributed by atoms with E-state index in [4.69, 9.17) is 10.8 Å². The Balaban J connectivity index is 2.39. The van der Waals surface area contributed by atoms with Gasteiger partial charge in [0.05, 0.1) is 5.69 Å². The summed E-state index contributed by atoms with van der Waals surface area (Å²) in [4.78, 5) is 14.8. The number of fused-ring (bicyclic) bond motifs is 1. The van der Waals surface area contributed by atoms with Gasteiger partial charge in [0.25, 0.3) is 5.91 Å². The van der Waals surface area contributed by atoms with Crippen molar-refractivity contribution in [3.63, 3.8) is 0 Å². The maximum Gasteiger partial charge on any atom is 0.266 e. The van der Waals surface area contributed by atoms with Gasteiger partial charge in [0.1, 0.15) is 4.88 Å². The third-order valence-corrected chi connectivity index (χ3v) is 4.97. The summed E-state index contributed by atoms with van der Waals surface area (Å²) in [6.45, 7) is 3.15. The number of nitrogens with two attached hydrogens (primary N) is 1. The highest BCUT2D eigenvalue weighted by Gasteiger charge is 2.21. The van der Waals surface area contributed by atoms with Crippen LogP contribution in [0.5, 0.6) is 0 Å². The fourth-order valence-corrected chi connectivity index (χ4v) is 3.92. The molecule has 1 aromatic heterocycles. The van der Waals surface area contributed by atoms with Gasteiger partial charge in [0.15, 0.2) is 0 Å². The van der Waals surface area contributed by atoms with Crippen molar-refractivity contribution in [3.8, 4) is 0 Å². The summed E-state index contributed by atoms with van der Waals surface area (Å²) in [5.74, 6) is -0.0634. The Morgan fingerprint density at radius 3 is 2.85 bits per heavy atom. The molecule has 1 aromatic carbocycles. The molecular formula is C14H17BrN2O2S. The number of carbonyl (C=O) groups is 1. The number of hydrogen-bond donors (Lipinski definition) is 2. The van der Waals surface area contributed by atoms with E-state index in [1.54, 1.807) is 4.90 Å². The van der Waals surface area contributed by atoms with E-state index in [1.165, 1.54) is 11.3 Å². The lowest BCUT2D eigenvalue weighted by Crippen LogP contribution is -2.32. The first kappa shape index (κ1) is 15.3. The summed E-state index contributed by atoms with van der Waals surface area (Å²) < 4.78 is 1.90. The monoisotopic (exact) mass is 356 g/mol. The molecule has 0 unspecified atom stereocenters. The SMILES string of the molecule is CCN(CCCO)C(=O)c1sc2cccc(Br)c2c1N. The van der Waals surface area contributed by atoms with Crippen LogP contribution >= 0.6 is 27.3 Å². The molecule has 0 aliphatic carbocycles. The zero-order chi connectivity index (χ0) is 14.7. The van der Waals surface area contributed by atoms with Crippen molar-refractivity contribution in [2.45, 2.75) is 13.3 Å². The molecule has 4 nitrogen and oxygen atoms in total. The smallest absolute Gasteiger partial charge is 0.266 e. The molecule has 0 bridgehead atoms. The molecule has 1 heterocycles. The highest BCUT2D eigenvalue weighted by molar-refractivity contribution is 9.10. The molecule has 6 heteroatoms. The number of halogens is 1. The van der Waals surface area contributed by atoms with Crippen LogP contribution in [0.25, 0.3) is 10.1 Å². The van der Waals surface area contributed by atoms with E-state index in [1.807, 2.05) is 25.1 Å². The summed E-state index contributed by atoms with van der Waals surface area (Å²) in [5.41, 5.74) is 6.68. The number of aliphatic hydroxyl groups excluding tert-OH is 1. The molecule has 0 saturated carbocycles. The quantitative estimate of drug-likeness (QED) is 0.864. The Hall–Kier alpha value is -1.11. The lowest BCUT2D eigenvalue weighted by atomic mass is 10.2. The van der Waals surface area contributed by atoms with Crippen molar-refractivity contribution in [1.29, 1.82) is 0 Å². The minimum Gasteiger partial charge on any atom is -0.397 e. The molecule has 0 atom stereocenters. The average Bonchev–Trinajstić information content (AvgIpc) is 2.78. The molecule has 2 rings (SSSR count). The van der Waals surface area contributed by atoms with Crippen LogP contribution in [0.4, 0.5) is 5.69 Å². The Morgan fingerprint density at radius 2 is 2.25 bits per heavy atom. The van der Waals surface area contributed by atoms with Crippen LogP contribution in [0.15, 0.2) is 22.7 Å². The third-order valence-electron chi connectivity index (χ3n) is 3.15. The zero-order valence-electron chi connectivity index (χ0n) is 11.2. The van der Waals surface area contributed by atoms with Crippen molar-refractivity contribution in [2.24, 2.45) is 0 Å². The van der Waals surface area contributed by atoms with E-state index >= 15 is 0 Å². The first-order valence-corrected chi connectivity index (χ1v) is 8.07. The van der Waals surface area contributed by atoms with Crippen molar-refractivity contribution in [1.82, 2.24) is 4.90 Å². The number of hydrogen-bond acceptors (Lipinski definition) is 4. The van der Waals surface area contributed by atoms with Gasteiger partial charge < -0.3 is 15.7 Å². The van der Waals surface area contributed by atoms with Gasteiger partial charge in [-0.05, 0) is 25.5 Å². The Kier molecular flexibility index (Phi) is 5.01. The molecule has 0 spiro atoms. The minimum absolute atomic E-state index is 0.0634. The van der Waals surface area contributed by atoms with Crippen molar-refractivity contribution >= 4 is 48.9 Å². The topological polar surface area (TPSA) is 66.6 Å². The predicted octanol–water partition coefficient (Wildman–Crippen LogP) is 3.09. The summed E-state index contributed by atoms with van der Waals surface area (Å²) in [6, 6.07) is 5.81. The second-order valence-electron chi connectivity index (χ2n) is 4.42. The van der Waals surface area contributed by atoms with E-state index < -0.39 is 0 Å². The number of thiophene rings is 1. The molecule has 20 heavy (non-hydrogen) atoms. The maximum absolute atomic E-state index is 12.5. The largest absolute Gasteiger partial charge is 0.397 e. The van der Waals surface area contributed by atoms with Crippen LogP contribution < -0.4 is 5.73 Å². The lowest BCUT2D eigenvalue weighted by molar-refractivity contribution is 0.0760. The van der Waals surface area contributed by atoms with Gasteiger partial charge >= 0.3 is 0 Å². The van der Waals surface area contributed by atoms with Crippen LogP contribution in [-0.2, 0) is 0 Å². The summed E-state index contributed by atoms with van der Waals surface area (Å²) in [6.07, 6.45) is 0.577. The van der Waals surface area contributed by atoms with Gasteiger partial charge in [-0.15, -0.1) is 11.3 Å². The van der Waals surface area contributed by atoms with E-state index in [2.05, 4.69) is 15.9 Å². The molecule has 108 valence electrons. The molecular weight excluding hydrogens is 340 g/mol. The fourth-order valence-electron chi connectivity index (χ4n) is 2.10. The van der Waals surface area contributed by atoms with Crippen molar-refractivity contribution in [2.75, 3.05) is 25.4 Å². The molecule has 2 aromatic rings. The molecule has 0 saturated heterocycles. The Morgan fingerprint density at radius 1 is 1.50 bits per heavy atom. The van der Waals surface area contributed by atoms with Crippen LogP contribution in [-0.4, -0.2) is 35.6 Å². The number of nitrogens with zero attached hydrogens (tertiary/aromatic N) is 1.